The fraction of sp³-hybridized carbons (Fsp3) is 0.238. The van der Waals surface area contributed by atoms with Crippen molar-refractivity contribution >= 4 is 39.6 Å². The zero-order valence-electron chi connectivity index (χ0n) is 16.6. The number of carboxylic acid groups (broad SMARTS) is 1. The van der Waals surface area contributed by atoms with Crippen LogP contribution in [0.1, 0.15) is 12.8 Å². The molecule has 1 aromatic carbocycles. The number of hydrogen-bond acceptors (Lipinski definition) is 6. The Morgan fingerprint density at radius 2 is 2.12 bits per heavy atom. The van der Waals surface area contributed by atoms with E-state index in [9.17, 15) is 14.3 Å². The maximum Gasteiger partial charge on any atom is 0.407 e. The molecule has 166 valence electrons. The zero-order valence-corrected chi connectivity index (χ0v) is 19.0. The number of halogens is 3. The Labute approximate surface area is 196 Å². The summed E-state index contributed by atoms with van der Waals surface area (Å²) in [5.41, 5.74) is 1.05. The highest BCUT2D eigenvalue weighted by molar-refractivity contribution is 9.10. The summed E-state index contributed by atoms with van der Waals surface area (Å²) in [7, 11) is 0. The highest BCUT2D eigenvalue weighted by Crippen LogP contribution is 2.36. The molecule has 3 heterocycles. The number of pyridine rings is 1. The third-order valence-corrected chi connectivity index (χ3v) is 6.19. The normalized spacial score (nSPS) is 16.0. The SMILES string of the molecule is O=C(O)N1CCC[C@H](Nc2nccc(-c3cccnc3Oc3ccc(Br)c(Cl)c3F)n2)C1. The van der Waals surface area contributed by atoms with E-state index < -0.39 is 11.9 Å². The standard InChI is InChI=1S/C21H18BrClFN5O3/c22-14-5-6-16(18(24)17(14)23)32-19-13(4-1-8-25-19)15-7-9-26-20(28-15)27-12-3-2-10-29(11-12)21(30)31/h1,4-9,12H,2-3,10-11H2,(H,30,31)(H,26,27,28)/t12-/m0/s1. The molecule has 1 aliphatic rings. The van der Waals surface area contributed by atoms with Gasteiger partial charge in [-0.15, -0.1) is 0 Å². The smallest absolute Gasteiger partial charge is 0.407 e. The molecular formula is C21H18BrClFN5O3. The second-order valence-electron chi connectivity index (χ2n) is 7.11. The molecule has 0 spiro atoms. The average Bonchev–Trinajstić information content (AvgIpc) is 2.80. The second-order valence-corrected chi connectivity index (χ2v) is 8.34. The first-order chi connectivity index (χ1) is 15.4. The van der Waals surface area contributed by atoms with Crippen molar-refractivity contribution in [3.63, 3.8) is 0 Å². The number of nitrogens with one attached hydrogen (secondary N) is 1. The molecule has 0 bridgehead atoms. The highest BCUT2D eigenvalue weighted by Gasteiger charge is 2.24. The van der Waals surface area contributed by atoms with Gasteiger partial charge in [0.2, 0.25) is 11.8 Å². The molecule has 32 heavy (non-hydrogen) atoms. The van der Waals surface area contributed by atoms with Crippen LogP contribution in [0.25, 0.3) is 11.3 Å². The number of anilines is 1. The average molecular weight is 523 g/mol. The van der Waals surface area contributed by atoms with Crippen molar-refractivity contribution < 1.29 is 19.0 Å². The fourth-order valence-corrected chi connectivity index (χ4v) is 3.85. The van der Waals surface area contributed by atoms with Crippen molar-refractivity contribution in [1.29, 1.82) is 0 Å². The molecule has 3 aromatic rings. The minimum atomic E-state index is -0.941. The van der Waals surface area contributed by atoms with Crippen molar-refractivity contribution in [2.24, 2.45) is 0 Å². The lowest BCUT2D eigenvalue weighted by Crippen LogP contribution is -2.44. The van der Waals surface area contributed by atoms with E-state index in [0.717, 1.165) is 12.8 Å². The summed E-state index contributed by atoms with van der Waals surface area (Å²) in [6.45, 7) is 0.870. The fourth-order valence-electron chi connectivity index (χ4n) is 3.39. The van der Waals surface area contributed by atoms with Gasteiger partial charge < -0.3 is 20.1 Å². The number of amides is 1. The minimum absolute atomic E-state index is 0.0680. The molecule has 8 nitrogen and oxygen atoms in total. The third-order valence-electron chi connectivity index (χ3n) is 4.93. The van der Waals surface area contributed by atoms with Crippen LogP contribution in [0.5, 0.6) is 11.6 Å². The number of likely N-dealkylation sites (tertiary alicyclic amines) is 1. The van der Waals surface area contributed by atoms with Gasteiger partial charge in [-0.3, -0.25) is 0 Å². The van der Waals surface area contributed by atoms with E-state index in [-0.39, 0.29) is 22.7 Å². The molecule has 0 unspecified atom stereocenters. The monoisotopic (exact) mass is 521 g/mol. The molecule has 2 N–H and O–H groups in total. The second kappa shape index (κ2) is 9.66. The van der Waals surface area contributed by atoms with Crippen LogP contribution in [0.3, 0.4) is 0 Å². The van der Waals surface area contributed by atoms with Gasteiger partial charge in [-0.1, -0.05) is 11.6 Å². The third kappa shape index (κ3) is 4.91. The Bertz CT molecular complexity index is 1150. The summed E-state index contributed by atoms with van der Waals surface area (Å²) < 4.78 is 20.6. The number of nitrogens with zero attached hydrogens (tertiary/aromatic N) is 4. The Kier molecular flexibility index (Phi) is 6.71. The summed E-state index contributed by atoms with van der Waals surface area (Å²) in [6, 6.07) is 8.09. The summed E-state index contributed by atoms with van der Waals surface area (Å²) in [6.07, 6.45) is 3.73. The summed E-state index contributed by atoms with van der Waals surface area (Å²) in [5, 5.41) is 12.3. The summed E-state index contributed by atoms with van der Waals surface area (Å²) in [4.78, 5) is 25.6. The molecule has 1 amide bonds. The van der Waals surface area contributed by atoms with E-state index in [1.165, 1.54) is 17.2 Å². The Morgan fingerprint density at radius 1 is 1.28 bits per heavy atom. The van der Waals surface area contributed by atoms with Crippen LogP contribution in [0.15, 0.2) is 47.2 Å². The minimum Gasteiger partial charge on any atom is -0.465 e. The number of piperidine rings is 1. The predicted octanol–water partition coefficient (Wildman–Crippen LogP) is 5.44. The lowest BCUT2D eigenvalue weighted by atomic mass is 10.1. The first-order valence-corrected chi connectivity index (χ1v) is 10.9. The maximum absolute atomic E-state index is 14.5. The van der Waals surface area contributed by atoms with Crippen LogP contribution in [-0.2, 0) is 0 Å². The lowest BCUT2D eigenvalue weighted by Gasteiger charge is -2.31. The van der Waals surface area contributed by atoms with Gasteiger partial charge in [-0.2, -0.15) is 0 Å². The molecule has 0 aliphatic carbocycles. The zero-order chi connectivity index (χ0) is 22.7. The summed E-state index contributed by atoms with van der Waals surface area (Å²) >= 11 is 9.13. The van der Waals surface area contributed by atoms with Gasteiger partial charge in [-0.05, 0) is 59.1 Å². The molecule has 11 heteroatoms. The first kappa shape index (κ1) is 22.2. The van der Waals surface area contributed by atoms with Crippen LogP contribution >= 0.6 is 27.5 Å². The van der Waals surface area contributed by atoms with Crippen LogP contribution in [0.4, 0.5) is 15.1 Å². The molecular weight excluding hydrogens is 505 g/mol. The van der Waals surface area contributed by atoms with E-state index in [0.29, 0.717) is 34.8 Å². The highest BCUT2D eigenvalue weighted by atomic mass is 79.9. The lowest BCUT2D eigenvalue weighted by molar-refractivity contribution is 0.132. The number of rotatable bonds is 5. The van der Waals surface area contributed by atoms with Gasteiger partial charge in [0.15, 0.2) is 11.6 Å². The molecule has 1 fully saturated rings. The van der Waals surface area contributed by atoms with Gasteiger partial charge in [0, 0.05) is 36.0 Å². The molecule has 1 saturated heterocycles. The first-order valence-electron chi connectivity index (χ1n) is 9.76. The maximum atomic E-state index is 14.5. The Morgan fingerprint density at radius 3 is 2.94 bits per heavy atom. The van der Waals surface area contributed by atoms with E-state index in [1.807, 2.05) is 0 Å². The predicted molar refractivity (Wildman–Crippen MR) is 121 cm³/mol. The van der Waals surface area contributed by atoms with Crippen LogP contribution in [-0.4, -0.2) is 50.2 Å². The van der Waals surface area contributed by atoms with E-state index in [2.05, 4.69) is 36.2 Å². The van der Waals surface area contributed by atoms with Crippen molar-refractivity contribution in [2.75, 3.05) is 18.4 Å². The van der Waals surface area contributed by atoms with Crippen molar-refractivity contribution in [2.45, 2.75) is 18.9 Å². The molecule has 1 atom stereocenters. The molecule has 1 aliphatic heterocycles. The van der Waals surface area contributed by atoms with Crippen LogP contribution < -0.4 is 10.1 Å². The molecule has 0 radical (unpaired) electrons. The number of aromatic nitrogens is 3. The Balaban J connectivity index is 1.58. The van der Waals surface area contributed by atoms with E-state index in [4.69, 9.17) is 16.3 Å². The number of ether oxygens (including phenoxy) is 1. The van der Waals surface area contributed by atoms with Crippen LogP contribution in [0.2, 0.25) is 5.02 Å². The quantitative estimate of drug-likeness (QED) is 0.430. The van der Waals surface area contributed by atoms with Gasteiger partial charge >= 0.3 is 6.09 Å². The largest absolute Gasteiger partial charge is 0.465 e. The number of carbonyl (C=O) groups is 1. The number of hydrogen-bond donors (Lipinski definition) is 2. The van der Waals surface area contributed by atoms with Gasteiger partial charge in [-0.25, -0.2) is 24.1 Å². The molecule has 2 aromatic heterocycles. The van der Waals surface area contributed by atoms with E-state index >= 15 is 0 Å². The van der Waals surface area contributed by atoms with Gasteiger partial charge in [0.25, 0.3) is 0 Å². The van der Waals surface area contributed by atoms with E-state index in [1.54, 1.807) is 30.5 Å². The van der Waals surface area contributed by atoms with Crippen LogP contribution in [0, 0.1) is 5.82 Å². The van der Waals surface area contributed by atoms with Crippen molar-refractivity contribution in [1.82, 2.24) is 19.9 Å². The van der Waals surface area contributed by atoms with Crippen molar-refractivity contribution in [3.8, 4) is 22.9 Å². The van der Waals surface area contributed by atoms with Gasteiger partial charge in [0.05, 0.1) is 16.3 Å². The Hall–Kier alpha value is -2.98. The number of benzene rings is 1. The summed E-state index contributed by atoms with van der Waals surface area (Å²) in [5.74, 6) is -0.263. The van der Waals surface area contributed by atoms with Crippen molar-refractivity contribution in [3.05, 3.63) is 58.0 Å². The molecule has 4 rings (SSSR count). The molecule has 0 saturated carbocycles. The van der Waals surface area contributed by atoms with Gasteiger partial charge in [0.1, 0.15) is 0 Å². The topological polar surface area (TPSA) is 100 Å².